The first-order valence-electron chi connectivity index (χ1n) is 5.91. The van der Waals surface area contributed by atoms with E-state index in [1.165, 1.54) is 6.07 Å². The van der Waals surface area contributed by atoms with E-state index in [1.54, 1.807) is 12.1 Å². The van der Waals surface area contributed by atoms with Crippen LogP contribution in [0.4, 0.5) is 4.39 Å². The number of hydrogen-bond donors (Lipinski definition) is 1. The van der Waals surface area contributed by atoms with Gasteiger partial charge in [-0.3, -0.25) is 0 Å². The van der Waals surface area contributed by atoms with E-state index in [9.17, 15) is 9.50 Å². The number of aliphatic hydroxyl groups excluding tert-OH is 1. The number of benzene rings is 2. The zero-order valence-electron chi connectivity index (χ0n) is 10.1. The molecule has 0 amide bonds. The highest BCUT2D eigenvalue weighted by Crippen LogP contribution is 2.28. The summed E-state index contributed by atoms with van der Waals surface area (Å²) < 4.78 is 14.6. The molecule has 0 aliphatic heterocycles. The molecule has 0 aliphatic rings. The van der Waals surface area contributed by atoms with Crippen LogP contribution in [0.5, 0.6) is 0 Å². The molecule has 0 heterocycles. The van der Waals surface area contributed by atoms with Gasteiger partial charge in [0, 0.05) is 10.4 Å². The predicted octanol–water partition coefficient (Wildman–Crippen LogP) is 4.67. The van der Waals surface area contributed by atoms with Crippen molar-refractivity contribution < 1.29 is 9.50 Å². The molecule has 0 spiro atoms. The van der Waals surface area contributed by atoms with Crippen LogP contribution in [-0.4, -0.2) is 11.7 Å². The van der Waals surface area contributed by atoms with Crippen LogP contribution >= 0.6 is 31.9 Å². The van der Waals surface area contributed by atoms with E-state index < -0.39 is 0 Å². The fourth-order valence-corrected chi connectivity index (χ4v) is 3.06. The highest BCUT2D eigenvalue weighted by Gasteiger charge is 2.14. The van der Waals surface area contributed by atoms with Crippen LogP contribution in [0.15, 0.2) is 51.4 Å². The van der Waals surface area contributed by atoms with Crippen molar-refractivity contribution in [2.75, 3.05) is 6.61 Å². The minimum Gasteiger partial charge on any atom is -0.396 e. The van der Waals surface area contributed by atoms with Crippen LogP contribution < -0.4 is 0 Å². The Bertz CT molecular complexity index is 572. The van der Waals surface area contributed by atoms with Gasteiger partial charge in [-0.15, -0.1) is 0 Å². The van der Waals surface area contributed by atoms with Crippen molar-refractivity contribution in [3.63, 3.8) is 0 Å². The number of rotatable bonds is 4. The maximum absolute atomic E-state index is 13.2. The summed E-state index contributed by atoms with van der Waals surface area (Å²) in [7, 11) is 0. The van der Waals surface area contributed by atoms with E-state index in [0.29, 0.717) is 10.9 Å². The molecule has 1 nitrogen and oxygen atoms in total. The van der Waals surface area contributed by atoms with Crippen molar-refractivity contribution >= 4 is 31.9 Å². The molecule has 1 N–H and O–H groups in total. The van der Waals surface area contributed by atoms with Crippen LogP contribution in [-0.2, 0) is 6.42 Å². The summed E-state index contributed by atoms with van der Waals surface area (Å²) in [5, 5.41) is 9.58. The SMILES string of the molecule is OCC(Cc1ccc(F)c(Br)c1)c1ccccc1Br. The fraction of sp³-hybridized carbons (Fsp3) is 0.200. The molecular weight excluding hydrogens is 375 g/mol. The summed E-state index contributed by atoms with van der Waals surface area (Å²) in [5.74, 6) is -0.280. The maximum atomic E-state index is 13.2. The second kappa shape index (κ2) is 6.64. The Morgan fingerprint density at radius 2 is 1.79 bits per heavy atom. The van der Waals surface area contributed by atoms with Gasteiger partial charge in [0.2, 0.25) is 0 Å². The normalized spacial score (nSPS) is 12.4. The van der Waals surface area contributed by atoms with Crippen molar-refractivity contribution in [2.45, 2.75) is 12.3 Å². The molecule has 100 valence electrons. The van der Waals surface area contributed by atoms with E-state index in [0.717, 1.165) is 15.6 Å². The Morgan fingerprint density at radius 1 is 1.05 bits per heavy atom. The van der Waals surface area contributed by atoms with Crippen molar-refractivity contribution in [3.8, 4) is 0 Å². The molecule has 19 heavy (non-hydrogen) atoms. The van der Waals surface area contributed by atoms with Crippen molar-refractivity contribution in [1.82, 2.24) is 0 Å². The van der Waals surface area contributed by atoms with Crippen molar-refractivity contribution in [1.29, 1.82) is 0 Å². The highest BCUT2D eigenvalue weighted by atomic mass is 79.9. The molecule has 1 unspecified atom stereocenters. The van der Waals surface area contributed by atoms with Crippen LogP contribution in [0.2, 0.25) is 0 Å². The van der Waals surface area contributed by atoms with E-state index >= 15 is 0 Å². The molecular formula is C15H13Br2FO. The van der Waals surface area contributed by atoms with Gasteiger partial charge in [0.25, 0.3) is 0 Å². The first-order chi connectivity index (χ1) is 9.11. The topological polar surface area (TPSA) is 20.2 Å². The van der Waals surface area contributed by atoms with Crippen LogP contribution in [0.1, 0.15) is 17.0 Å². The van der Waals surface area contributed by atoms with Crippen molar-refractivity contribution in [2.24, 2.45) is 0 Å². The second-order valence-electron chi connectivity index (χ2n) is 4.35. The molecule has 2 aromatic rings. The average Bonchev–Trinajstić information content (AvgIpc) is 2.41. The zero-order valence-corrected chi connectivity index (χ0v) is 13.3. The quantitative estimate of drug-likeness (QED) is 0.808. The summed E-state index contributed by atoms with van der Waals surface area (Å²) in [6, 6.07) is 12.8. The summed E-state index contributed by atoms with van der Waals surface area (Å²) in [6.07, 6.45) is 0.665. The zero-order chi connectivity index (χ0) is 13.8. The van der Waals surface area contributed by atoms with Crippen LogP contribution in [0.25, 0.3) is 0 Å². The maximum Gasteiger partial charge on any atom is 0.137 e. The van der Waals surface area contributed by atoms with E-state index in [-0.39, 0.29) is 18.3 Å². The second-order valence-corrected chi connectivity index (χ2v) is 6.06. The van der Waals surface area contributed by atoms with Gasteiger partial charge in [0.1, 0.15) is 5.82 Å². The minimum atomic E-state index is -0.273. The molecule has 0 aliphatic carbocycles. The third kappa shape index (κ3) is 3.65. The van der Waals surface area contributed by atoms with Gasteiger partial charge in [0.15, 0.2) is 0 Å². The lowest BCUT2D eigenvalue weighted by Gasteiger charge is -2.16. The Labute approximate surface area is 128 Å². The number of aliphatic hydroxyl groups is 1. The van der Waals surface area contributed by atoms with Gasteiger partial charge in [-0.1, -0.05) is 40.2 Å². The van der Waals surface area contributed by atoms with E-state index in [2.05, 4.69) is 31.9 Å². The molecule has 0 fully saturated rings. The average molecular weight is 388 g/mol. The molecule has 0 bridgehead atoms. The first kappa shape index (κ1) is 14.7. The molecule has 1 atom stereocenters. The monoisotopic (exact) mass is 386 g/mol. The molecule has 0 aromatic heterocycles. The molecule has 0 saturated carbocycles. The Hall–Kier alpha value is -0.710. The van der Waals surface area contributed by atoms with Gasteiger partial charge in [-0.2, -0.15) is 0 Å². The third-order valence-corrected chi connectivity index (χ3v) is 4.36. The Kier molecular flexibility index (Phi) is 5.13. The highest BCUT2D eigenvalue weighted by molar-refractivity contribution is 9.10. The molecule has 0 radical (unpaired) electrons. The summed E-state index contributed by atoms with van der Waals surface area (Å²) in [4.78, 5) is 0. The van der Waals surface area contributed by atoms with Gasteiger partial charge in [0.05, 0.1) is 11.1 Å². The largest absolute Gasteiger partial charge is 0.396 e. The Balaban J connectivity index is 2.24. The van der Waals surface area contributed by atoms with E-state index in [4.69, 9.17) is 0 Å². The summed E-state index contributed by atoms with van der Waals surface area (Å²) >= 11 is 6.68. The number of halogens is 3. The standard InChI is InChI=1S/C15H13Br2FO/c16-13-4-2-1-3-12(13)11(9-19)7-10-5-6-15(18)14(17)8-10/h1-6,8,11,19H,7,9H2. The first-order valence-corrected chi connectivity index (χ1v) is 7.49. The molecule has 2 rings (SSSR count). The smallest absolute Gasteiger partial charge is 0.137 e. The van der Waals surface area contributed by atoms with Crippen LogP contribution in [0.3, 0.4) is 0 Å². The molecule has 4 heteroatoms. The van der Waals surface area contributed by atoms with Gasteiger partial charge < -0.3 is 5.11 Å². The summed E-state index contributed by atoms with van der Waals surface area (Å²) in [6.45, 7) is 0.0532. The lowest BCUT2D eigenvalue weighted by molar-refractivity contribution is 0.264. The van der Waals surface area contributed by atoms with Gasteiger partial charge in [-0.05, 0) is 51.7 Å². The van der Waals surface area contributed by atoms with Gasteiger partial charge >= 0.3 is 0 Å². The minimum absolute atomic E-state index is 0.00654. The lowest BCUT2D eigenvalue weighted by atomic mass is 9.93. The van der Waals surface area contributed by atoms with Crippen molar-refractivity contribution in [3.05, 3.63) is 68.4 Å². The lowest BCUT2D eigenvalue weighted by Crippen LogP contribution is -2.08. The third-order valence-electron chi connectivity index (χ3n) is 3.03. The predicted molar refractivity (Wildman–Crippen MR) is 81.8 cm³/mol. The molecule has 2 aromatic carbocycles. The molecule has 0 saturated heterocycles. The Morgan fingerprint density at radius 3 is 2.42 bits per heavy atom. The number of hydrogen-bond acceptors (Lipinski definition) is 1. The van der Waals surface area contributed by atoms with Gasteiger partial charge in [-0.25, -0.2) is 4.39 Å². The van der Waals surface area contributed by atoms with E-state index in [1.807, 2.05) is 24.3 Å². The van der Waals surface area contributed by atoms with Crippen LogP contribution in [0, 0.1) is 5.82 Å². The fourth-order valence-electron chi connectivity index (χ4n) is 2.03. The summed E-state index contributed by atoms with van der Waals surface area (Å²) in [5.41, 5.74) is 2.05.